The number of hydrogen-bond donors (Lipinski definition) is 0. The predicted molar refractivity (Wildman–Crippen MR) is 60.1 cm³/mol. The molecule has 0 aliphatic carbocycles. The molecule has 0 spiro atoms. The van der Waals surface area contributed by atoms with E-state index in [1.165, 1.54) is 0 Å². The first-order valence-corrected chi connectivity index (χ1v) is 5.76. The molecule has 84 valence electrons. The second-order valence-corrected chi connectivity index (χ2v) is 4.63. The van der Waals surface area contributed by atoms with Crippen molar-refractivity contribution in [2.75, 3.05) is 26.3 Å². The summed E-state index contributed by atoms with van der Waals surface area (Å²) < 4.78 is 5.41. The van der Waals surface area contributed by atoms with Crippen molar-refractivity contribution in [3.05, 3.63) is 35.9 Å². The van der Waals surface area contributed by atoms with Crippen molar-refractivity contribution in [3.8, 4) is 0 Å². The first-order valence-electron chi connectivity index (χ1n) is 5.76. The molecule has 1 aromatic rings. The Morgan fingerprint density at radius 2 is 1.75 bits per heavy atom. The second kappa shape index (κ2) is 3.91. The molecule has 3 rings (SSSR count). The molecule has 16 heavy (non-hydrogen) atoms. The molecule has 3 heteroatoms. The summed E-state index contributed by atoms with van der Waals surface area (Å²) in [7, 11) is 0. The minimum absolute atomic E-state index is 0.162. The zero-order chi connectivity index (χ0) is 11.0. The van der Waals surface area contributed by atoms with Gasteiger partial charge in [0.25, 0.3) is 5.91 Å². The fourth-order valence-electron chi connectivity index (χ4n) is 2.62. The van der Waals surface area contributed by atoms with E-state index >= 15 is 0 Å². The van der Waals surface area contributed by atoms with Gasteiger partial charge in [-0.15, -0.1) is 0 Å². The molecule has 1 amide bonds. The highest BCUT2D eigenvalue weighted by Gasteiger charge is 2.39. The van der Waals surface area contributed by atoms with Gasteiger partial charge in [-0.25, -0.2) is 0 Å². The number of ether oxygens (including phenoxy) is 1. The largest absolute Gasteiger partial charge is 0.381 e. The minimum atomic E-state index is 0.162. The van der Waals surface area contributed by atoms with E-state index < -0.39 is 0 Å². The molecule has 0 N–H and O–H groups in total. The number of hydrogen-bond acceptors (Lipinski definition) is 2. The maximum atomic E-state index is 12.2. The van der Waals surface area contributed by atoms with Crippen molar-refractivity contribution in [3.63, 3.8) is 0 Å². The summed E-state index contributed by atoms with van der Waals surface area (Å²) in [5, 5.41) is 0. The Bertz CT molecular complexity index is 378. The topological polar surface area (TPSA) is 29.5 Å². The van der Waals surface area contributed by atoms with Crippen LogP contribution in [0.25, 0.3) is 0 Å². The second-order valence-electron chi connectivity index (χ2n) is 4.63. The first kappa shape index (κ1) is 9.85. The number of rotatable bonds is 1. The Kier molecular flexibility index (Phi) is 2.40. The average molecular weight is 217 g/mol. The number of amides is 1. The minimum Gasteiger partial charge on any atom is -0.381 e. The third kappa shape index (κ3) is 1.61. The fraction of sp³-hybridized carbons (Fsp3) is 0.462. The lowest BCUT2D eigenvalue weighted by atomic mass is 10.0. The molecular weight excluding hydrogens is 202 g/mol. The summed E-state index contributed by atoms with van der Waals surface area (Å²) in [6.45, 7) is 3.36. The summed E-state index contributed by atoms with van der Waals surface area (Å²) in [6.07, 6.45) is 0. The molecule has 2 saturated heterocycles. The van der Waals surface area contributed by atoms with E-state index in [1.54, 1.807) is 0 Å². The molecule has 2 atom stereocenters. The fourth-order valence-corrected chi connectivity index (χ4v) is 2.62. The van der Waals surface area contributed by atoms with Gasteiger partial charge in [-0.1, -0.05) is 18.2 Å². The van der Waals surface area contributed by atoms with Crippen molar-refractivity contribution < 1.29 is 9.53 Å². The molecule has 2 unspecified atom stereocenters. The SMILES string of the molecule is O=C(c1ccccc1)N1CC2COCC2C1. The van der Waals surface area contributed by atoms with Gasteiger partial charge in [0.15, 0.2) is 0 Å². The highest BCUT2D eigenvalue weighted by atomic mass is 16.5. The van der Waals surface area contributed by atoms with Gasteiger partial charge in [0.2, 0.25) is 0 Å². The van der Waals surface area contributed by atoms with Crippen molar-refractivity contribution in [1.29, 1.82) is 0 Å². The normalized spacial score (nSPS) is 28.1. The van der Waals surface area contributed by atoms with Crippen molar-refractivity contribution >= 4 is 5.91 Å². The highest BCUT2D eigenvalue weighted by molar-refractivity contribution is 5.94. The Morgan fingerprint density at radius 1 is 1.12 bits per heavy atom. The lowest BCUT2D eigenvalue weighted by molar-refractivity contribution is 0.0751. The molecule has 2 fully saturated rings. The van der Waals surface area contributed by atoms with E-state index in [2.05, 4.69) is 0 Å². The first-order chi connectivity index (χ1) is 7.84. The summed E-state index contributed by atoms with van der Waals surface area (Å²) >= 11 is 0. The summed E-state index contributed by atoms with van der Waals surface area (Å²) in [5.74, 6) is 1.29. The Hall–Kier alpha value is -1.35. The molecule has 1 aromatic carbocycles. The van der Waals surface area contributed by atoms with E-state index in [-0.39, 0.29) is 5.91 Å². The third-order valence-electron chi connectivity index (χ3n) is 3.55. The van der Waals surface area contributed by atoms with E-state index in [4.69, 9.17) is 4.74 Å². The number of carbonyl (C=O) groups excluding carboxylic acids is 1. The van der Waals surface area contributed by atoms with E-state index in [9.17, 15) is 4.79 Å². The molecule has 2 heterocycles. The van der Waals surface area contributed by atoms with Gasteiger partial charge >= 0.3 is 0 Å². The van der Waals surface area contributed by atoms with Gasteiger partial charge in [0, 0.05) is 30.5 Å². The summed E-state index contributed by atoms with van der Waals surface area (Å²) in [6, 6.07) is 9.52. The standard InChI is InChI=1S/C13H15NO2/c15-13(10-4-2-1-3-5-10)14-6-11-8-16-9-12(11)7-14/h1-5,11-12H,6-9H2. The zero-order valence-electron chi connectivity index (χ0n) is 9.13. The van der Waals surface area contributed by atoms with Gasteiger partial charge in [0.05, 0.1) is 13.2 Å². The summed E-state index contributed by atoms with van der Waals surface area (Å²) in [4.78, 5) is 14.1. The number of carbonyl (C=O) groups is 1. The third-order valence-corrected chi connectivity index (χ3v) is 3.55. The quantitative estimate of drug-likeness (QED) is 0.711. The maximum Gasteiger partial charge on any atom is 0.253 e. The van der Waals surface area contributed by atoms with Crippen LogP contribution in [0.15, 0.2) is 30.3 Å². The molecule has 0 radical (unpaired) electrons. The number of fused-ring (bicyclic) bond motifs is 1. The van der Waals surface area contributed by atoms with Crippen molar-refractivity contribution in [1.82, 2.24) is 4.90 Å². The van der Waals surface area contributed by atoms with Crippen LogP contribution in [0.3, 0.4) is 0 Å². The smallest absolute Gasteiger partial charge is 0.253 e. The number of benzene rings is 1. The van der Waals surface area contributed by atoms with Crippen LogP contribution in [0.2, 0.25) is 0 Å². The van der Waals surface area contributed by atoms with Gasteiger partial charge in [-0.05, 0) is 12.1 Å². The number of likely N-dealkylation sites (tertiary alicyclic amines) is 1. The highest BCUT2D eigenvalue weighted by Crippen LogP contribution is 2.29. The number of nitrogens with zero attached hydrogens (tertiary/aromatic N) is 1. The van der Waals surface area contributed by atoms with Crippen molar-refractivity contribution in [2.45, 2.75) is 0 Å². The molecule has 0 saturated carbocycles. The van der Waals surface area contributed by atoms with Gasteiger partial charge in [-0.3, -0.25) is 4.79 Å². The molecule has 0 aromatic heterocycles. The zero-order valence-corrected chi connectivity index (χ0v) is 9.13. The van der Waals surface area contributed by atoms with Crippen LogP contribution in [-0.4, -0.2) is 37.1 Å². The lowest BCUT2D eigenvalue weighted by Gasteiger charge is -2.17. The van der Waals surface area contributed by atoms with Gasteiger partial charge in [0.1, 0.15) is 0 Å². The van der Waals surface area contributed by atoms with Crippen molar-refractivity contribution in [2.24, 2.45) is 11.8 Å². The van der Waals surface area contributed by atoms with Crippen LogP contribution in [0.1, 0.15) is 10.4 Å². The van der Waals surface area contributed by atoms with Crippen LogP contribution < -0.4 is 0 Å². The Morgan fingerprint density at radius 3 is 2.38 bits per heavy atom. The summed E-state index contributed by atoms with van der Waals surface area (Å²) in [5.41, 5.74) is 0.795. The van der Waals surface area contributed by atoms with E-state index in [0.29, 0.717) is 11.8 Å². The predicted octanol–water partition coefficient (Wildman–Crippen LogP) is 1.41. The monoisotopic (exact) mass is 217 g/mol. The molecule has 3 nitrogen and oxygen atoms in total. The van der Waals surface area contributed by atoms with Crippen LogP contribution in [0.4, 0.5) is 0 Å². The molecule has 0 bridgehead atoms. The lowest BCUT2D eigenvalue weighted by Crippen LogP contribution is -2.30. The molecule has 2 aliphatic heterocycles. The average Bonchev–Trinajstić information content (AvgIpc) is 2.89. The molecular formula is C13H15NO2. The van der Waals surface area contributed by atoms with E-state index in [0.717, 1.165) is 31.9 Å². The van der Waals surface area contributed by atoms with Crippen LogP contribution in [0.5, 0.6) is 0 Å². The van der Waals surface area contributed by atoms with E-state index in [1.807, 2.05) is 35.2 Å². The Balaban J connectivity index is 1.73. The van der Waals surface area contributed by atoms with Gasteiger partial charge < -0.3 is 9.64 Å². The van der Waals surface area contributed by atoms with Gasteiger partial charge in [-0.2, -0.15) is 0 Å². The maximum absolute atomic E-state index is 12.2. The molecule has 2 aliphatic rings. The van der Waals surface area contributed by atoms with Crippen LogP contribution in [0, 0.1) is 11.8 Å². The Labute approximate surface area is 95.0 Å². The van der Waals surface area contributed by atoms with Crippen LogP contribution in [-0.2, 0) is 4.74 Å². The van der Waals surface area contributed by atoms with Crippen LogP contribution >= 0.6 is 0 Å².